The summed E-state index contributed by atoms with van der Waals surface area (Å²) in [5, 5.41) is 6.43. The van der Waals surface area contributed by atoms with Crippen molar-refractivity contribution in [1.82, 2.24) is 5.32 Å². The first-order valence-electron chi connectivity index (χ1n) is 6.66. The third-order valence-corrected chi connectivity index (χ3v) is 3.36. The van der Waals surface area contributed by atoms with Gasteiger partial charge in [-0.15, -0.1) is 0 Å². The van der Waals surface area contributed by atoms with E-state index >= 15 is 0 Å². The van der Waals surface area contributed by atoms with Crippen molar-refractivity contribution in [3.8, 4) is 5.75 Å². The highest BCUT2D eigenvalue weighted by Crippen LogP contribution is 2.17. The highest BCUT2D eigenvalue weighted by Gasteiger charge is 2.10. The summed E-state index contributed by atoms with van der Waals surface area (Å²) in [6, 6.07) is 10.8. The van der Waals surface area contributed by atoms with E-state index in [9.17, 15) is 8.78 Å². The summed E-state index contributed by atoms with van der Waals surface area (Å²) in [7, 11) is 1.60. The van der Waals surface area contributed by atoms with E-state index in [1.54, 1.807) is 7.11 Å². The Hall–Kier alpha value is -2.21. The van der Waals surface area contributed by atoms with Crippen molar-refractivity contribution in [2.45, 2.75) is 13.0 Å². The first kappa shape index (κ1) is 16.2. The van der Waals surface area contributed by atoms with Crippen molar-refractivity contribution >= 4 is 23.0 Å². The lowest BCUT2D eigenvalue weighted by Gasteiger charge is -2.17. The Morgan fingerprint density at radius 1 is 1.09 bits per heavy atom. The van der Waals surface area contributed by atoms with Crippen molar-refractivity contribution in [2.75, 3.05) is 12.4 Å². The summed E-state index contributed by atoms with van der Waals surface area (Å²) in [4.78, 5) is 0. The van der Waals surface area contributed by atoms with Gasteiger partial charge in [-0.3, -0.25) is 0 Å². The van der Waals surface area contributed by atoms with Crippen molar-refractivity contribution in [3.63, 3.8) is 0 Å². The summed E-state index contributed by atoms with van der Waals surface area (Å²) < 4.78 is 31.2. The van der Waals surface area contributed by atoms with E-state index in [2.05, 4.69) is 10.6 Å². The molecule has 0 fully saturated rings. The predicted octanol–water partition coefficient (Wildman–Crippen LogP) is 4.02. The number of hydrogen-bond acceptors (Lipinski definition) is 2. The number of rotatable bonds is 4. The number of benzene rings is 2. The fourth-order valence-corrected chi connectivity index (χ4v) is 2.20. The van der Waals surface area contributed by atoms with Gasteiger partial charge >= 0.3 is 0 Å². The van der Waals surface area contributed by atoms with Crippen LogP contribution >= 0.6 is 12.2 Å². The Morgan fingerprint density at radius 2 is 1.77 bits per heavy atom. The van der Waals surface area contributed by atoms with Gasteiger partial charge in [0, 0.05) is 5.69 Å². The van der Waals surface area contributed by atoms with Gasteiger partial charge in [-0.2, -0.15) is 0 Å². The largest absolute Gasteiger partial charge is 0.497 e. The van der Waals surface area contributed by atoms with Crippen LogP contribution in [0.15, 0.2) is 42.5 Å². The van der Waals surface area contributed by atoms with Crippen LogP contribution in [-0.4, -0.2) is 12.2 Å². The summed E-state index contributed by atoms with van der Waals surface area (Å²) in [5.41, 5.74) is 1.41. The molecule has 0 saturated carbocycles. The lowest BCUT2D eigenvalue weighted by atomic mass is 10.1. The van der Waals surface area contributed by atoms with E-state index in [0.29, 0.717) is 10.7 Å². The standard InChI is InChI=1S/C16H16F2N2OS/c1-10(11-3-8-14(17)15(18)9-11)19-16(22)20-12-4-6-13(21-2)7-5-12/h3-10H,1-2H3,(H2,19,20,22)/t10-/m0/s1. The normalized spacial score (nSPS) is 11.6. The lowest BCUT2D eigenvalue weighted by Crippen LogP contribution is -2.30. The lowest BCUT2D eigenvalue weighted by molar-refractivity contribution is 0.415. The number of hydrogen-bond donors (Lipinski definition) is 2. The molecular formula is C16H16F2N2OS. The summed E-state index contributed by atoms with van der Waals surface area (Å²) in [6.45, 7) is 1.81. The van der Waals surface area contributed by atoms with E-state index in [4.69, 9.17) is 17.0 Å². The molecule has 2 aromatic rings. The van der Waals surface area contributed by atoms with E-state index in [1.165, 1.54) is 6.07 Å². The maximum absolute atomic E-state index is 13.2. The predicted molar refractivity (Wildman–Crippen MR) is 87.1 cm³/mol. The van der Waals surface area contributed by atoms with E-state index in [0.717, 1.165) is 23.6 Å². The average molecular weight is 322 g/mol. The van der Waals surface area contributed by atoms with Crippen LogP contribution in [0, 0.1) is 11.6 Å². The van der Waals surface area contributed by atoms with Gasteiger partial charge in [-0.1, -0.05) is 6.07 Å². The minimum absolute atomic E-state index is 0.256. The maximum Gasteiger partial charge on any atom is 0.171 e. The molecule has 2 N–H and O–H groups in total. The molecular weight excluding hydrogens is 306 g/mol. The molecule has 0 aromatic heterocycles. The molecule has 0 bridgehead atoms. The van der Waals surface area contributed by atoms with Crippen molar-refractivity contribution < 1.29 is 13.5 Å². The summed E-state index contributed by atoms with van der Waals surface area (Å²) in [5.74, 6) is -0.991. The van der Waals surface area contributed by atoms with Crippen molar-refractivity contribution in [2.24, 2.45) is 0 Å². The van der Waals surface area contributed by atoms with Gasteiger partial charge in [-0.25, -0.2) is 8.78 Å². The molecule has 0 aliphatic carbocycles. The van der Waals surface area contributed by atoms with Gasteiger partial charge in [0.05, 0.1) is 13.2 Å². The highest BCUT2D eigenvalue weighted by atomic mass is 32.1. The topological polar surface area (TPSA) is 33.3 Å². The molecule has 6 heteroatoms. The van der Waals surface area contributed by atoms with Crippen LogP contribution < -0.4 is 15.4 Å². The zero-order valence-electron chi connectivity index (χ0n) is 12.2. The smallest absolute Gasteiger partial charge is 0.171 e. The molecule has 0 aliphatic rings. The third-order valence-electron chi connectivity index (χ3n) is 3.14. The fraction of sp³-hybridized carbons (Fsp3) is 0.188. The Labute approximate surface area is 133 Å². The molecule has 0 spiro atoms. The van der Waals surface area contributed by atoms with E-state index in [1.807, 2.05) is 31.2 Å². The number of nitrogens with one attached hydrogen (secondary N) is 2. The van der Waals surface area contributed by atoms with Crippen LogP contribution in [0.25, 0.3) is 0 Å². The second kappa shape index (κ2) is 7.17. The van der Waals surface area contributed by atoms with Crippen LogP contribution in [-0.2, 0) is 0 Å². The average Bonchev–Trinajstić information content (AvgIpc) is 2.50. The molecule has 0 radical (unpaired) electrons. The number of thiocarbonyl (C=S) groups is 1. The number of halogens is 2. The van der Waals surface area contributed by atoms with Gasteiger partial charge in [0.15, 0.2) is 16.7 Å². The quantitative estimate of drug-likeness (QED) is 0.833. The highest BCUT2D eigenvalue weighted by molar-refractivity contribution is 7.80. The maximum atomic E-state index is 13.2. The minimum atomic E-state index is -0.875. The molecule has 0 amide bonds. The molecule has 2 rings (SSSR count). The zero-order chi connectivity index (χ0) is 16.1. The Bertz CT molecular complexity index is 662. The minimum Gasteiger partial charge on any atom is -0.497 e. The molecule has 0 unspecified atom stereocenters. The molecule has 116 valence electrons. The summed E-state index contributed by atoms with van der Waals surface area (Å²) in [6.07, 6.45) is 0. The van der Waals surface area contributed by atoms with E-state index in [-0.39, 0.29) is 6.04 Å². The number of ether oxygens (including phenoxy) is 1. The molecule has 0 aliphatic heterocycles. The van der Waals surface area contributed by atoms with E-state index < -0.39 is 11.6 Å². The van der Waals surface area contributed by atoms with Crippen molar-refractivity contribution in [3.05, 3.63) is 59.7 Å². The first-order chi connectivity index (χ1) is 10.5. The Morgan fingerprint density at radius 3 is 2.36 bits per heavy atom. The van der Waals surface area contributed by atoms with Crippen molar-refractivity contribution in [1.29, 1.82) is 0 Å². The van der Waals surface area contributed by atoms with Crippen LogP contribution in [0.3, 0.4) is 0 Å². The molecule has 0 saturated heterocycles. The number of anilines is 1. The zero-order valence-corrected chi connectivity index (χ0v) is 13.0. The molecule has 1 atom stereocenters. The van der Waals surface area contributed by atoms with Gasteiger partial charge in [0.25, 0.3) is 0 Å². The number of methoxy groups -OCH3 is 1. The SMILES string of the molecule is COc1ccc(NC(=S)N[C@@H](C)c2ccc(F)c(F)c2)cc1. The first-order valence-corrected chi connectivity index (χ1v) is 7.07. The van der Waals surface area contributed by atoms with Gasteiger partial charge < -0.3 is 15.4 Å². The van der Waals surface area contributed by atoms with Crippen LogP contribution in [0.2, 0.25) is 0 Å². The van der Waals surface area contributed by atoms with Gasteiger partial charge in [-0.05, 0) is 61.1 Å². The monoisotopic (exact) mass is 322 g/mol. The molecule has 3 nitrogen and oxygen atoms in total. The van der Waals surface area contributed by atoms with Gasteiger partial charge in [0.1, 0.15) is 5.75 Å². The van der Waals surface area contributed by atoms with Crippen LogP contribution in [0.5, 0.6) is 5.75 Å². The molecule has 0 heterocycles. The molecule has 2 aromatic carbocycles. The second-order valence-electron chi connectivity index (χ2n) is 4.72. The van der Waals surface area contributed by atoms with Gasteiger partial charge in [0.2, 0.25) is 0 Å². The molecule has 22 heavy (non-hydrogen) atoms. The van der Waals surface area contributed by atoms with Crippen LogP contribution in [0.4, 0.5) is 14.5 Å². The Balaban J connectivity index is 1.96. The Kier molecular flexibility index (Phi) is 5.27. The second-order valence-corrected chi connectivity index (χ2v) is 5.13. The fourth-order valence-electron chi connectivity index (χ4n) is 1.90. The summed E-state index contributed by atoms with van der Waals surface area (Å²) >= 11 is 5.21. The third kappa shape index (κ3) is 4.14. The van der Waals surface area contributed by atoms with Crippen LogP contribution in [0.1, 0.15) is 18.5 Å².